The lowest BCUT2D eigenvalue weighted by molar-refractivity contribution is -0.360. The Bertz CT molecular complexity index is 782. The summed E-state index contributed by atoms with van der Waals surface area (Å²) in [6.45, 7) is 0. The molecule has 26 heavy (non-hydrogen) atoms. The molecule has 0 bridgehead atoms. The number of ether oxygens (including phenoxy) is 1. The van der Waals surface area contributed by atoms with E-state index in [0.717, 1.165) is 6.07 Å². The molecule has 0 atom stereocenters. The summed E-state index contributed by atoms with van der Waals surface area (Å²) < 4.78 is 113. The first-order valence-electron chi connectivity index (χ1n) is 6.35. The van der Waals surface area contributed by atoms with Gasteiger partial charge in [-0.3, -0.25) is 0 Å². The van der Waals surface area contributed by atoms with Crippen molar-refractivity contribution in [2.45, 2.75) is 18.0 Å². The van der Waals surface area contributed by atoms with Crippen molar-refractivity contribution >= 4 is 22.2 Å². The molecule has 1 aromatic rings. The smallest absolute Gasteiger partial charge is 0.438 e. The van der Waals surface area contributed by atoms with E-state index in [1.165, 1.54) is 18.2 Å². The third kappa shape index (κ3) is 5.11. The number of hydrogen-bond donors (Lipinski definition) is 1. The van der Waals surface area contributed by atoms with E-state index in [0.29, 0.717) is 6.08 Å². The minimum atomic E-state index is -6.44. The topological polar surface area (TPSA) is 104 Å². The molecule has 0 aromatic heterocycles. The molecule has 0 fully saturated rings. The van der Waals surface area contributed by atoms with Crippen LogP contribution >= 0.6 is 0 Å². The zero-order chi connectivity index (χ0) is 20.4. The van der Waals surface area contributed by atoms with Crippen LogP contribution in [0.15, 0.2) is 30.3 Å². The van der Waals surface area contributed by atoms with Crippen molar-refractivity contribution < 1.29 is 54.0 Å². The molecule has 1 N–H and O–H groups in total. The van der Waals surface area contributed by atoms with E-state index in [1.807, 2.05) is 0 Å². The summed E-state index contributed by atoms with van der Waals surface area (Å²) in [6, 6.07) is 4.97. The van der Waals surface area contributed by atoms with E-state index in [4.69, 9.17) is 0 Å². The summed E-state index contributed by atoms with van der Waals surface area (Å²) in [4.78, 5) is 11.4. The van der Waals surface area contributed by atoms with Gasteiger partial charge in [-0.1, -0.05) is 18.2 Å². The van der Waals surface area contributed by atoms with E-state index in [9.17, 15) is 49.2 Å². The largest absolute Gasteiger partial charge is 0.748 e. The van der Waals surface area contributed by atoms with Gasteiger partial charge >= 0.3 is 23.9 Å². The van der Waals surface area contributed by atoms with E-state index in [2.05, 4.69) is 4.74 Å². The van der Waals surface area contributed by atoms with Crippen LogP contribution in [-0.4, -0.2) is 47.8 Å². The van der Waals surface area contributed by atoms with Gasteiger partial charge in [0.05, 0.1) is 15.9 Å². The Balaban J connectivity index is 3.28. The predicted octanol–water partition coefficient (Wildman–Crippen LogP) is 2.36. The maximum absolute atomic E-state index is 12.9. The van der Waals surface area contributed by atoms with Crippen LogP contribution in [-0.2, 0) is 19.6 Å². The average molecular weight is 407 g/mol. The monoisotopic (exact) mass is 407 g/mol. The van der Waals surface area contributed by atoms with Gasteiger partial charge < -0.3 is 14.4 Å². The van der Waals surface area contributed by atoms with Gasteiger partial charge in [-0.2, -0.15) is 26.3 Å². The Hall–Kier alpha value is -2.28. The lowest BCUT2D eigenvalue weighted by atomic mass is 10.1. The van der Waals surface area contributed by atoms with Crippen LogP contribution in [0.25, 0.3) is 6.08 Å². The van der Waals surface area contributed by atoms with Gasteiger partial charge in [0.15, 0.2) is 0 Å². The fourth-order valence-corrected chi connectivity index (χ4v) is 2.59. The lowest BCUT2D eigenvalue weighted by Gasteiger charge is -2.36. The van der Waals surface area contributed by atoms with Crippen molar-refractivity contribution in [3.05, 3.63) is 35.9 Å². The van der Waals surface area contributed by atoms with Crippen LogP contribution in [0.2, 0.25) is 0 Å². The molecule has 1 rings (SSSR count). The first-order chi connectivity index (χ1) is 11.6. The number of hydrogen-bond acceptors (Lipinski definition) is 6. The van der Waals surface area contributed by atoms with E-state index >= 15 is 0 Å². The fraction of sp³-hybridized carbons (Fsp3) is 0.308. The summed E-state index contributed by atoms with van der Waals surface area (Å²) in [6.07, 6.45) is -12.1. The van der Waals surface area contributed by atoms with Gasteiger partial charge in [0.1, 0.15) is 5.75 Å². The van der Waals surface area contributed by atoms with Crippen LogP contribution in [0.4, 0.5) is 26.3 Å². The van der Waals surface area contributed by atoms with Crippen molar-refractivity contribution in [3.8, 4) is 5.75 Å². The predicted molar refractivity (Wildman–Crippen MR) is 72.6 cm³/mol. The molecule has 6 nitrogen and oxygen atoms in total. The number of carbonyl (C=O) groups is 1. The molecule has 1 aromatic carbocycles. The number of phenols is 1. The normalized spacial score (nSPS) is 13.8. The number of para-hydroxylation sites is 1. The molecule has 0 spiro atoms. The summed E-state index contributed by atoms with van der Waals surface area (Å²) in [5.41, 5.74) is -5.69. The number of aromatic hydroxyl groups is 1. The summed E-state index contributed by atoms with van der Waals surface area (Å²) in [7, 11) is -6.10. The zero-order valence-corrected chi connectivity index (χ0v) is 13.2. The molecular formula is C13H9F6O6S-. The zero-order valence-electron chi connectivity index (χ0n) is 12.3. The summed E-state index contributed by atoms with van der Waals surface area (Å²) >= 11 is 0. The number of esters is 1. The molecule has 0 unspecified atom stereocenters. The maximum atomic E-state index is 12.9. The number of halogens is 6. The lowest BCUT2D eigenvalue weighted by Crippen LogP contribution is -2.63. The van der Waals surface area contributed by atoms with Crippen LogP contribution in [0.5, 0.6) is 5.75 Å². The maximum Gasteiger partial charge on any atom is 0.438 e. The minimum Gasteiger partial charge on any atom is -0.748 e. The van der Waals surface area contributed by atoms with E-state index < -0.39 is 45.5 Å². The first kappa shape index (κ1) is 21.8. The first-order valence-corrected chi connectivity index (χ1v) is 7.93. The third-order valence-corrected chi connectivity index (χ3v) is 3.67. The van der Waals surface area contributed by atoms with Gasteiger partial charge in [-0.25, -0.2) is 13.2 Å². The second-order valence-corrected chi connectivity index (χ2v) is 6.24. The van der Waals surface area contributed by atoms with Crippen molar-refractivity contribution in [2.24, 2.45) is 0 Å². The van der Waals surface area contributed by atoms with E-state index in [-0.39, 0.29) is 11.6 Å². The molecule has 0 aliphatic carbocycles. The SMILES string of the molecule is O=C(/C=C/c1ccccc1O)OC(CS(=O)(=O)[O-])(C(F)(F)F)C(F)(F)F. The van der Waals surface area contributed by atoms with Gasteiger partial charge in [-0.05, 0) is 12.1 Å². The number of rotatable bonds is 5. The van der Waals surface area contributed by atoms with Gasteiger partial charge in [-0.15, -0.1) is 0 Å². The standard InChI is InChI=1S/C13H10F6O6S/c14-12(15,16)11(13(17,18)19,7-26(22,23)24)25-10(21)6-5-8-3-1-2-4-9(8)20/h1-6,20H,7H2,(H,22,23,24)/p-1/b6-5+. The van der Waals surface area contributed by atoms with Crippen LogP contribution in [0, 0.1) is 0 Å². The highest BCUT2D eigenvalue weighted by atomic mass is 32.2. The summed E-state index contributed by atoms with van der Waals surface area (Å²) in [5, 5.41) is 9.38. The second kappa shape index (κ2) is 7.15. The summed E-state index contributed by atoms with van der Waals surface area (Å²) in [5.74, 6) is -5.76. The van der Waals surface area contributed by atoms with Gasteiger partial charge in [0, 0.05) is 11.6 Å². The fourth-order valence-electron chi connectivity index (χ4n) is 1.71. The van der Waals surface area contributed by atoms with Crippen molar-refractivity contribution in [3.63, 3.8) is 0 Å². The quantitative estimate of drug-likeness (QED) is 0.348. The number of benzene rings is 1. The van der Waals surface area contributed by atoms with Crippen LogP contribution in [0.3, 0.4) is 0 Å². The number of alkyl halides is 6. The Morgan fingerprint density at radius 3 is 2.04 bits per heavy atom. The Morgan fingerprint density at radius 1 is 1.12 bits per heavy atom. The second-order valence-electron chi connectivity index (χ2n) is 4.84. The van der Waals surface area contributed by atoms with Crippen molar-refractivity contribution in [1.82, 2.24) is 0 Å². The molecular weight excluding hydrogens is 398 g/mol. The highest BCUT2D eigenvalue weighted by molar-refractivity contribution is 7.85. The molecule has 13 heteroatoms. The molecule has 0 saturated heterocycles. The van der Waals surface area contributed by atoms with Gasteiger partial charge in [0.25, 0.3) is 0 Å². The number of phenolic OH excluding ortho intramolecular Hbond substituents is 1. The Morgan fingerprint density at radius 2 is 1.62 bits per heavy atom. The molecule has 0 aliphatic rings. The molecule has 0 amide bonds. The van der Waals surface area contributed by atoms with Crippen molar-refractivity contribution in [2.75, 3.05) is 5.75 Å². The van der Waals surface area contributed by atoms with Crippen molar-refractivity contribution in [1.29, 1.82) is 0 Å². The Labute approximate surface area is 142 Å². The number of carbonyl (C=O) groups excluding carboxylic acids is 1. The highest BCUT2D eigenvalue weighted by Crippen LogP contribution is 2.46. The molecule has 146 valence electrons. The Kier molecular flexibility index (Phi) is 5.98. The van der Waals surface area contributed by atoms with Crippen LogP contribution < -0.4 is 0 Å². The van der Waals surface area contributed by atoms with E-state index in [1.54, 1.807) is 0 Å². The van der Waals surface area contributed by atoms with Crippen LogP contribution in [0.1, 0.15) is 5.56 Å². The molecule has 0 radical (unpaired) electrons. The van der Waals surface area contributed by atoms with Gasteiger partial charge in [0.2, 0.25) is 0 Å². The average Bonchev–Trinajstić information content (AvgIpc) is 2.42. The highest BCUT2D eigenvalue weighted by Gasteiger charge is 2.75. The third-order valence-electron chi connectivity index (χ3n) is 2.91. The minimum absolute atomic E-state index is 0.110. The molecule has 0 heterocycles. The molecule has 0 aliphatic heterocycles. The molecule has 0 saturated carbocycles.